The molecular weight excluding hydrogens is 392 g/mol. The Morgan fingerprint density at radius 2 is 1.88 bits per heavy atom. The van der Waals surface area contributed by atoms with Gasteiger partial charge in [-0.25, -0.2) is 0 Å². The normalized spacial score (nSPS) is 16.0. The first kappa shape index (κ1) is 17.0. The number of benzene rings is 2. The Kier molecular flexibility index (Phi) is 4.41. The van der Waals surface area contributed by atoms with Crippen molar-refractivity contribution in [3.05, 3.63) is 76.3 Å². The van der Waals surface area contributed by atoms with E-state index < -0.39 is 0 Å². The Bertz CT molecular complexity index is 869. The first-order valence-electron chi connectivity index (χ1n) is 8.68. The minimum atomic E-state index is -0.142. The molecule has 132 valence electrons. The van der Waals surface area contributed by atoms with Crippen LogP contribution in [0.25, 0.3) is 5.70 Å². The summed E-state index contributed by atoms with van der Waals surface area (Å²) in [5.74, 6) is -0.174. The molecule has 1 aliphatic heterocycles. The van der Waals surface area contributed by atoms with Crippen LogP contribution in [0.3, 0.4) is 0 Å². The third-order valence-corrected chi connectivity index (χ3v) is 5.38. The van der Waals surface area contributed by atoms with E-state index in [9.17, 15) is 9.59 Å². The molecule has 1 fully saturated rings. The lowest BCUT2D eigenvalue weighted by atomic mass is 10.1. The molecule has 4 nitrogen and oxygen atoms in total. The van der Waals surface area contributed by atoms with Crippen LogP contribution in [0.2, 0.25) is 0 Å². The van der Waals surface area contributed by atoms with Gasteiger partial charge in [0.1, 0.15) is 6.54 Å². The van der Waals surface area contributed by atoms with Crippen LogP contribution in [0.4, 0.5) is 0 Å². The van der Waals surface area contributed by atoms with Crippen LogP contribution in [0.5, 0.6) is 0 Å². The fourth-order valence-electron chi connectivity index (χ4n) is 3.37. The molecule has 2 aromatic rings. The second-order valence-electron chi connectivity index (χ2n) is 6.77. The first-order valence-corrected chi connectivity index (χ1v) is 9.48. The summed E-state index contributed by atoms with van der Waals surface area (Å²) in [5, 5.41) is 0. The molecule has 0 radical (unpaired) electrons. The van der Waals surface area contributed by atoms with Gasteiger partial charge in [0.05, 0.1) is 0 Å². The molecule has 2 amide bonds. The average molecular weight is 411 g/mol. The van der Waals surface area contributed by atoms with Gasteiger partial charge in [0.25, 0.3) is 5.91 Å². The first-order chi connectivity index (χ1) is 12.5. The fourth-order valence-corrected chi connectivity index (χ4v) is 3.81. The van der Waals surface area contributed by atoms with E-state index in [-0.39, 0.29) is 24.4 Å². The van der Waals surface area contributed by atoms with Crippen molar-refractivity contribution in [2.45, 2.75) is 25.4 Å². The lowest BCUT2D eigenvalue weighted by Crippen LogP contribution is -2.41. The summed E-state index contributed by atoms with van der Waals surface area (Å²) in [6.45, 7) is 4.62. The molecule has 1 aliphatic carbocycles. The molecule has 0 spiro atoms. The Labute approximate surface area is 161 Å². The van der Waals surface area contributed by atoms with Gasteiger partial charge >= 0.3 is 0 Å². The van der Waals surface area contributed by atoms with Crippen LogP contribution in [0, 0.1) is 0 Å². The van der Waals surface area contributed by atoms with Crippen LogP contribution in [0.1, 0.15) is 34.3 Å². The van der Waals surface area contributed by atoms with Crippen molar-refractivity contribution in [1.29, 1.82) is 0 Å². The number of carbonyl (C=O) groups excluding carboxylic acids is 2. The number of carbonyl (C=O) groups is 2. The Balaban J connectivity index is 1.51. The number of hydrogen-bond donors (Lipinski definition) is 0. The second-order valence-corrected chi connectivity index (χ2v) is 7.68. The average Bonchev–Trinajstić information content (AvgIpc) is 3.44. The number of rotatable bonds is 5. The molecule has 26 heavy (non-hydrogen) atoms. The Morgan fingerprint density at radius 1 is 1.15 bits per heavy atom. The number of fused-ring (bicyclic) bond motifs is 1. The van der Waals surface area contributed by atoms with E-state index >= 15 is 0 Å². The summed E-state index contributed by atoms with van der Waals surface area (Å²) in [6, 6.07) is 15.6. The molecule has 0 aromatic heterocycles. The zero-order valence-electron chi connectivity index (χ0n) is 14.3. The molecule has 0 N–H and O–H groups in total. The van der Waals surface area contributed by atoms with E-state index in [1.54, 1.807) is 6.07 Å². The van der Waals surface area contributed by atoms with Crippen LogP contribution < -0.4 is 0 Å². The van der Waals surface area contributed by atoms with Crippen LogP contribution >= 0.6 is 15.9 Å². The second kappa shape index (κ2) is 6.72. The number of hydrogen-bond acceptors (Lipinski definition) is 2. The molecule has 0 atom stereocenters. The summed E-state index contributed by atoms with van der Waals surface area (Å²) >= 11 is 3.48. The summed E-state index contributed by atoms with van der Waals surface area (Å²) in [5.41, 5.74) is 3.12. The largest absolute Gasteiger partial charge is 0.334 e. The van der Waals surface area contributed by atoms with Gasteiger partial charge in [0, 0.05) is 33.9 Å². The summed E-state index contributed by atoms with van der Waals surface area (Å²) < 4.78 is 0.997. The molecule has 4 rings (SSSR count). The van der Waals surface area contributed by atoms with Crippen molar-refractivity contribution >= 4 is 33.4 Å². The molecule has 2 aliphatic rings. The molecule has 5 heteroatoms. The van der Waals surface area contributed by atoms with Crippen molar-refractivity contribution in [2.24, 2.45) is 0 Å². The highest BCUT2D eigenvalue weighted by atomic mass is 79.9. The molecule has 0 saturated heterocycles. The number of amides is 2. The zero-order chi connectivity index (χ0) is 18.3. The molecule has 2 aromatic carbocycles. The van der Waals surface area contributed by atoms with Crippen molar-refractivity contribution in [1.82, 2.24) is 9.80 Å². The maximum absolute atomic E-state index is 13.0. The smallest absolute Gasteiger partial charge is 0.259 e. The molecule has 0 bridgehead atoms. The van der Waals surface area contributed by atoms with Gasteiger partial charge in [0.2, 0.25) is 5.91 Å². The predicted molar refractivity (Wildman–Crippen MR) is 104 cm³/mol. The maximum Gasteiger partial charge on any atom is 0.259 e. The van der Waals surface area contributed by atoms with Gasteiger partial charge in [-0.2, -0.15) is 0 Å². The summed E-state index contributed by atoms with van der Waals surface area (Å²) in [6.07, 6.45) is 2.05. The highest BCUT2D eigenvalue weighted by Crippen LogP contribution is 2.33. The quantitative estimate of drug-likeness (QED) is 0.745. The predicted octanol–water partition coefficient (Wildman–Crippen LogP) is 4.07. The van der Waals surface area contributed by atoms with Crippen LogP contribution in [-0.2, 0) is 11.3 Å². The van der Waals surface area contributed by atoms with Crippen LogP contribution in [-0.4, -0.2) is 34.2 Å². The van der Waals surface area contributed by atoms with Crippen molar-refractivity contribution in [3.63, 3.8) is 0 Å². The molecular formula is C21H19BrN2O2. The summed E-state index contributed by atoms with van der Waals surface area (Å²) in [4.78, 5) is 29.0. The van der Waals surface area contributed by atoms with E-state index in [0.717, 1.165) is 28.4 Å². The van der Waals surface area contributed by atoms with Crippen molar-refractivity contribution in [2.75, 3.05) is 6.54 Å². The van der Waals surface area contributed by atoms with Crippen molar-refractivity contribution in [3.8, 4) is 0 Å². The lowest BCUT2D eigenvalue weighted by Gasteiger charge is -2.26. The van der Waals surface area contributed by atoms with E-state index in [4.69, 9.17) is 0 Å². The maximum atomic E-state index is 13.0. The molecule has 0 unspecified atom stereocenters. The summed E-state index contributed by atoms with van der Waals surface area (Å²) in [7, 11) is 0. The number of halogens is 1. The van der Waals surface area contributed by atoms with Gasteiger partial charge in [-0.05, 0) is 36.6 Å². The minimum absolute atomic E-state index is 0.0326. The van der Waals surface area contributed by atoms with Gasteiger partial charge in [-0.1, -0.05) is 52.8 Å². The third kappa shape index (κ3) is 3.19. The van der Waals surface area contributed by atoms with Crippen molar-refractivity contribution < 1.29 is 9.59 Å². The Hall–Kier alpha value is -2.40. The van der Waals surface area contributed by atoms with Gasteiger partial charge in [0.15, 0.2) is 0 Å². The minimum Gasteiger partial charge on any atom is -0.334 e. The third-order valence-electron chi connectivity index (χ3n) is 4.88. The zero-order valence-corrected chi connectivity index (χ0v) is 15.9. The number of nitrogens with zero attached hydrogens (tertiary/aromatic N) is 2. The Morgan fingerprint density at radius 3 is 2.54 bits per heavy atom. The molecule has 1 heterocycles. The van der Waals surface area contributed by atoms with Gasteiger partial charge < -0.3 is 4.90 Å². The highest BCUT2D eigenvalue weighted by Gasteiger charge is 2.37. The standard InChI is InChI=1S/C21H19BrN2O2/c1-14-18-7-2-3-8-19(18)21(26)23(14)13-20(25)24(17-9-10-17)12-15-5-4-6-16(22)11-15/h2-8,11,17H,1,9-10,12-13H2. The van der Waals surface area contributed by atoms with Crippen LogP contribution in [0.15, 0.2) is 59.6 Å². The van der Waals surface area contributed by atoms with E-state index in [1.165, 1.54) is 4.90 Å². The lowest BCUT2D eigenvalue weighted by molar-refractivity contribution is -0.132. The van der Waals surface area contributed by atoms with Gasteiger partial charge in [-0.3, -0.25) is 14.5 Å². The molecule has 1 saturated carbocycles. The SMILES string of the molecule is C=C1c2ccccc2C(=O)N1CC(=O)N(Cc1cccc(Br)c1)C1CC1. The monoisotopic (exact) mass is 410 g/mol. The fraction of sp³-hybridized carbons (Fsp3) is 0.238. The van der Waals surface area contributed by atoms with E-state index in [2.05, 4.69) is 22.5 Å². The van der Waals surface area contributed by atoms with E-state index in [0.29, 0.717) is 17.8 Å². The highest BCUT2D eigenvalue weighted by molar-refractivity contribution is 9.10. The van der Waals surface area contributed by atoms with Gasteiger partial charge in [-0.15, -0.1) is 0 Å². The van der Waals surface area contributed by atoms with E-state index in [1.807, 2.05) is 47.4 Å². The topological polar surface area (TPSA) is 40.6 Å².